The Bertz CT molecular complexity index is 981. The number of benzene rings is 2. The van der Waals surface area contributed by atoms with Gasteiger partial charge in [0, 0.05) is 18.1 Å². The van der Waals surface area contributed by atoms with Crippen LogP contribution in [0.5, 0.6) is 0 Å². The maximum absolute atomic E-state index is 13.0. The molecule has 2 aromatic carbocycles. The van der Waals surface area contributed by atoms with Crippen LogP contribution in [0.25, 0.3) is 0 Å². The summed E-state index contributed by atoms with van der Waals surface area (Å²) in [6.45, 7) is 3.88. The molecule has 0 radical (unpaired) electrons. The summed E-state index contributed by atoms with van der Waals surface area (Å²) < 4.78 is 39.1. The molecule has 0 atom stereocenters. The summed E-state index contributed by atoms with van der Waals surface area (Å²) in [5.41, 5.74) is 1.68. The second-order valence-corrected chi connectivity index (χ2v) is 6.18. The van der Waals surface area contributed by atoms with Crippen LogP contribution in [0.3, 0.4) is 0 Å². The number of para-hydroxylation sites is 2. The molecule has 0 saturated heterocycles. The summed E-state index contributed by atoms with van der Waals surface area (Å²) in [4.78, 5) is 20.5. The molecule has 5 nitrogen and oxygen atoms in total. The lowest BCUT2D eigenvalue weighted by atomic mass is 10.1. The summed E-state index contributed by atoms with van der Waals surface area (Å²) in [6.07, 6.45) is -2.05. The van der Waals surface area contributed by atoms with Gasteiger partial charge in [-0.3, -0.25) is 4.79 Å². The standard InChI is InChI=1S/C20H17F3N4O/c1-12-6-5-7-13(2)17(12)27-19-24-10-14(11-25-19)18(28)26-16-9-4-3-8-15(16)20(21,22)23/h3-11H,1-2H3,(H,26,28)(H,24,25,27). The van der Waals surface area contributed by atoms with Crippen LogP contribution in [0.15, 0.2) is 54.9 Å². The average Bonchev–Trinajstić information content (AvgIpc) is 2.65. The molecule has 1 amide bonds. The minimum absolute atomic E-state index is 0.0454. The second kappa shape index (κ2) is 7.67. The van der Waals surface area contributed by atoms with E-state index in [2.05, 4.69) is 20.6 Å². The first-order valence-corrected chi connectivity index (χ1v) is 8.38. The smallest absolute Gasteiger partial charge is 0.324 e. The Morgan fingerprint density at radius 2 is 1.54 bits per heavy atom. The number of carbonyl (C=O) groups excluding carboxylic acids is 1. The maximum atomic E-state index is 13.0. The maximum Gasteiger partial charge on any atom is 0.418 e. The zero-order valence-electron chi connectivity index (χ0n) is 15.1. The van der Waals surface area contributed by atoms with Crippen molar-refractivity contribution in [3.63, 3.8) is 0 Å². The lowest BCUT2D eigenvalue weighted by molar-refractivity contribution is -0.136. The van der Waals surface area contributed by atoms with Crippen LogP contribution >= 0.6 is 0 Å². The third-order valence-electron chi connectivity index (χ3n) is 4.11. The molecule has 0 aliphatic heterocycles. The Balaban J connectivity index is 1.77. The summed E-state index contributed by atoms with van der Waals surface area (Å²) in [6, 6.07) is 10.6. The van der Waals surface area contributed by atoms with E-state index in [9.17, 15) is 18.0 Å². The van der Waals surface area contributed by atoms with E-state index in [1.165, 1.54) is 30.6 Å². The Kier molecular flexibility index (Phi) is 5.30. The van der Waals surface area contributed by atoms with Crippen molar-refractivity contribution in [2.75, 3.05) is 10.6 Å². The minimum Gasteiger partial charge on any atom is -0.324 e. The van der Waals surface area contributed by atoms with Gasteiger partial charge in [-0.2, -0.15) is 13.2 Å². The zero-order valence-corrected chi connectivity index (χ0v) is 15.1. The number of hydrogen-bond acceptors (Lipinski definition) is 4. The van der Waals surface area contributed by atoms with Crippen molar-refractivity contribution in [3.8, 4) is 0 Å². The fraction of sp³-hybridized carbons (Fsp3) is 0.150. The number of hydrogen-bond donors (Lipinski definition) is 2. The van der Waals surface area contributed by atoms with E-state index in [1.54, 1.807) is 0 Å². The van der Waals surface area contributed by atoms with Crippen LogP contribution in [-0.2, 0) is 6.18 Å². The van der Waals surface area contributed by atoms with Crippen LogP contribution < -0.4 is 10.6 Å². The van der Waals surface area contributed by atoms with Gasteiger partial charge >= 0.3 is 6.18 Å². The fourth-order valence-corrected chi connectivity index (χ4v) is 2.67. The van der Waals surface area contributed by atoms with E-state index in [0.717, 1.165) is 22.9 Å². The highest BCUT2D eigenvalue weighted by Gasteiger charge is 2.33. The van der Waals surface area contributed by atoms with E-state index in [1.807, 2.05) is 32.0 Å². The highest BCUT2D eigenvalue weighted by atomic mass is 19.4. The van der Waals surface area contributed by atoms with Gasteiger partial charge in [0.1, 0.15) is 0 Å². The quantitative estimate of drug-likeness (QED) is 0.654. The SMILES string of the molecule is Cc1cccc(C)c1Nc1ncc(C(=O)Nc2ccccc2C(F)(F)F)cn1. The first kappa shape index (κ1) is 19.3. The number of aromatic nitrogens is 2. The van der Waals surface area contributed by atoms with Crippen LogP contribution in [0.1, 0.15) is 27.0 Å². The predicted molar refractivity (Wildman–Crippen MR) is 101 cm³/mol. The molecular weight excluding hydrogens is 369 g/mol. The van der Waals surface area contributed by atoms with Crippen LogP contribution in [0.4, 0.5) is 30.5 Å². The molecule has 0 saturated carbocycles. The Morgan fingerprint density at radius 3 is 2.14 bits per heavy atom. The van der Waals surface area contributed by atoms with Gasteiger partial charge in [-0.1, -0.05) is 30.3 Å². The molecule has 1 aromatic heterocycles. The Labute approximate surface area is 159 Å². The van der Waals surface area contributed by atoms with E-state index in [0.29, 0.717) is 0 Å². The number of anilines is 3. The van der Waals surface area contributed by atoms with Crippen molar-refractivity contribution < 1.29 is 18.0 Å². The molecule has 8 heteroatoms. The Hall–Kier alpha value is -3.42. The lowest BCUT2D eigenvalue weighted by Gasteiger charge is -2.14. The third-order valence-corrected chi connectivity index (χ3v) is 4.11. The lowest BCUT2D eigenvalue weighted by Crippen LogP contribution is -2.17. The molecule has 3 aromatic rings. The number of amides is 1. The summed E-state index contributed by atoms with van der Waals surface area (Å²) >= 11 is 0. The average molecular weight is 386 g/mol. The van der Waals surface area contributed by atoms with Gasteiger partial charge in [-0.25, -0.2) is 9.97 Å². The van der Waals surface area contributed by atoms with Gasteiger partial charge in [0.15, 0.2) is 0 Å². The number of halogens is 3. The van der Waals surface area contributed by atoms with E-state index in [4.69, 9.17) is 0 Å². The van der Waals surface area contributed by atoms with Crippen LogP contribution in [-0.4, -0.2) is 15.9 Å². The summed E-state index contributed by atoms with van der Waals surface area (Å²) in [5.74, 6) is -0.444. The number of aryl methyl sites for hydroxylation is 2. The molecule has 144 valence electrons. The largest absolute Gasteiger partial charge is 0.418 e. The monoisotopic (exact) mass is 386 g/mol. The first-order chi connectivity index (χ1) is 13.3. The molecule has 0 bridgehead atoms. The van der Waals surface area contributed by atoms with Gasteiger partial charge in [-0.15, -0.1) is 0 Å². The van der Waals surface area contributed by atoms with E-state index >= 15 is 0 Å². The van der Waals surface area contributed by atoms with E-state index < -0.39 is 17.6 Å². The third kappa shape index (κ3) is 4.28. The van der Waals surface area contributed by atoms with Gasteiger partial charge < -0.3 is 10.6 Å². The summed E-state index contributed by atoms with van der Waals surface area (Å²) in [7, 11) is 0. The van der Waals surface area contributed by atoms with Gasteiger partial charge in [0.2, 0.25) is 5.95 Å². The van der Waals surface area contributed by atoms with Crippen molar-refractivity contribution >= 4 is 23.2 Å². The molecule has 0 fully saturated rings. The van der Waals surface area contributed by atoms with Crippen LogP contribution in [0.2, 0.25) is 0 Å². The molecule has 0 aliphatic rings. The molecule has 3 rings (SSSR count). The highest BCUT2D eigenvalue weighted by Crippen LogP contribution is 2.34. The normalized spacial score (nSPS) is 11.2. The molecule has 0 aliphatic carbocycles. The number of alkyl halides is 3. The number of carbonyl (C=O) groups is 1. The molecular formula is C20H17F3N4O. The number of nitrogens with zero attached hydrogens (tertiary/aromatic N) is 2. The fourth-order valence-electron chi connectivity index (χ4n) is 2.67. The van der Waals surface area contributed by atoms with Gasteiger partial charge in [0.05, 0.1) is 16.8 Å². The molecule has 0 unspecified atom stereocenters. The van der Waals surface area contributed by atoms with Crippen LogP contribution in [0, 0.1) is 13.8 Å². The van der Waals surface area contributed by atoms with Crippen molar-refractivity contribution in [1.82, 2.24) is 9.97 Å². The zero-order chi connectivity index (χ0) is 20.3. The number of rotatable bonds is 4. The van der Waals surface area contributed by atoms with Crippen molar-refractivity contribution in [3.05, 3.63) is 77.1 Å². The second-order valence-electron chi connectivity index (χ2n) is 6.18. The summed E-state index contributed by atoms with van der Waals surface area (Å²) in [5, 5.41) is 5.34. The van der Waals surface area contributed by atoms with Crippen molar-refractivity contribution in [2.45, 2.75) is 20.0 Å². The van der Waals surface area contributed by atoms with Gasteiger partial charge in [-0.05, 0) is 37.1 Å². The topological polar surface area (TPSA) is 66.9 Å². The van der Waals surface area contributed by atoms with E-state index in [-0.39, 0.29) is 17.2 Å². The highest BCUT2D eigenvalue weighted by molar-refractivity contribution is 6.04. The minimum atomic E-state index is -4.57. The molecule has 0 spiro atoms. The van der Waals surface area contributed by atoms with Crippen molar-refractivity contribution in [1.29, 1.82) is 0 Å². The van der Waals surface area contributed by atoms with Crippen molar-refractivity contribution in [2.24, 2.45) is 0 Å². The Morgan fingerprint density at radius 1 is 0.929 bits per heavy atom. The predicted octanol–water partition coefficient (Wildman–Crippen LogP) is 5.11. The first-order valence-electron chi connectivity index (χ1n) is 8.38. The van der Waals surface area contributed by atoms with Gasteiger partial charge in [0.25, 0.3) is 5.91 Å². The number of nitrogens with one attached hydrogen (secondary N) is 2. The molecule has 1 heterocycles. The molecule has 2 N–H and O–H groups in total. The molecule has 28 heavy (non-hydrogen) atoms.